The summed E-state index contributed by atoms with van der Waals surface area (Å²) >= 11 is 12.1. The fourth-order valence-electron chi connectivity index (χ4n) is 4.21. The van der Waals surface area contributed by atoms with Gasteiger partial charge in [0.05, 0.1) is 12.0 Å². The van der Waals surface area contributed by atoms with Gasteiger partial charge in [0.15, 0.2) is 0 Å². The van der Waals surface area contributed by atoms with E-state index in [1.54, 1.807) is 18.2 Å². The highest BCUT2D eigenvalue weighted by atomic mass is 35.5. The summed E-state index contributed by atoms with van der Waals surface area (Å²) in [7, 11) is 0. The third kappa shape index (κ3) is 4.67. The van der Waals surface area contributed by atoms with Crippen molar-refractivity contribution in [1.29, 1.82) is 0 Å². The van der Waals surface area contributed by atoms with Gasteiger partial charge in [0.25, 0.3) is 0 Å². The Morgan fingerprint density at radius 1 is 0.969 bits per heavy atom. The second-order valence-corrected chi connectivity index (χ2v) is 9.19. The molecule has 1 aliphatic heterocycles. The number of anilines is 1. The van der Waals surface area contributed by atoms with E-state index in [4.69, 9.17) is 23.2 Å². The minimum Gasteiger partial charge on any atom is -0.345 e. The summed E-state index contributed by atoms with van der Waals surface area (Å²) in [5.41, 5.74) is 4.58. The highest BCUT2D eigenvalue weighted by molar-refractivity contribution is 6.31. The maximum Gasteiger partial charge on any atom is 0.232 e. The van der Waals surface area contributed by atoms with Crippen LogP contribution in [0.3, 0.4) is 0 Å². The molecule has 0 saturated heterocycles. The summed E-state index contributed by atoms with van der Waals surface area (Å²) in [6.45, 7) is 4.26. The molecule has 6 heteroatoms. The summed E-state index contributed by atoms with van der Waals surface area (Å²) in [6.07, 6.45) is 0.0500. The van der Waals surface area contributed by atoms with Crippen LogP contribution in [0.2, 0.25) is 10.0 Å². The van der Waals surface area contributed by atoms with Crippen LogP contribution in [0.1, 0.15) is 60.4 Å². The van der Waals surface area contributed by atoms with Crippen LogP contribution in [0.5, 0.6) is 0 Å². The van der Waals surface area contributed by atoms with E-state index in [1.807, 2.05) is 42.5 Å². The van der Waals surface area contributed by atoms with Gasteiger partial charge in [0.1, 0.15) is 0 Å². The number of rotatable bonds is 6. The van der Waals surface area contributed by atoms with Crippen LogP contribution in [-0.2, 0) is 9.59 Å². The largest absolute Gasteiger partial charge is 0.345 e. The third-order valence-electron chi connectivity index (χ3n) is 5.79. The zero-order valence-corrected chi connectivity index (χ0v) is 19.4. The molecule has 32 heavy (non-hydrogen) atoms. The molecule has 3 aromatic carbocycles. The van der Waals surface area contributed by atoms with Crippen LogP contribution in [0, 0.1) is 0 Å². The van der Waals surface area contributed by atoms with Crippen molar-refractivity contribution in [2.45, 2.75) is 38.1 Å². The molecule has 0 fully saturated rings. The number of hydrogen-bond acceptors (Lipinski definition) is 2. The topological polar surface area (TPSA) is 58.2 Å². The van der Waals surface area contributed by atoms with E-state index in [0.29, 0.717) is 15.7 Å². The first kappa shape index (κ1) is 22.4. The lowest BCUT2D eigenvalue weighted by molar-refractivity contribution is -0.125. The van der Waals surface area contributed by atoms with E-state index in [-0.39, 0.29) is 30.2 Å². The summed E-state index contributed by atoms with van der Waals surface area (Å²) in [4.78, 5) is 25.7. The zero-order chi connectivity index (χ0) is 22.8. The molecule has 0 bridgehead atoms. The van der Waals surface area contributed by atoms with Crippen LogP contribution >= 0.6 is 23.2 Å². The standard InChI is InChI=1S/C26H24Cl2N2O2/c1-15(2)19-5-3-4-6-21(19)25(16-7-9-17(27)10-8-16)30-24(31)14-22-20-12-11-18(28)13-23(20)29-26(22)32/h3-13,15,22,25H,14H2,1-2H3,(H,29,32)(H,30,31). The van der Waals surface area contributed by atoms with E-state index >= 15 is 0 Å². The second-order valence-electron chi connectivity index (χ2n) is 8.31. The van der Waals surface area contributed by atoms with Crippen LogP contribution in [-0.4, -0.2) is 11.8 Å². The van der Waals surface area contributed by atoms with Crippen molar-refractivity contribution in [2.75, 3.05) is 5.32 Å². The van der Waals surface area contributed by atoms with E-state index in [1.165, 1.54) is 0 Å². The minimum atomic E-state index is -0.548. The predicted octanol–water partition coefficient (Wildman–Crippen LogP) is 6.45. The van der Waals surface area contributed by atoms with Gasteiger partial charge in [-0.15, -0.1) is 0 Å². The van der Waals surface area contributed by atoms with E-state index < -0.39 is 5.92 Å². The minimum absolute atomic E-state index is 0.0500. The quantitative estimate of drug-likeness (QED) is 0.438. The Hall–Kier alpha value is -2.82. The van der Waals surface area contributed by atoms with Crippen LogP contribution in [0.25, 0.3) is 0 Å². The monoisotopic (exact) mass is 466 g/mol. The van der Waals surface area contributed by atoms with Gasteiger partial charge < -0.3 is 10.6 Å². The lowest BCUT2D eigenvalue weighted by atomic mass is 9.89. The number of carbonyl (C=O) groups is 2. The lowest BCUT2D eigenvalue weighted by Gasteiger charge is -2.24. The molecule has 1 heterocycles. The van der Waals surface area contributed by atoms with E-state index in [9.17, 15) is 9.59 Å². The van der Waals surface area contributed by atoms with E-state index in [0.717, 1.165) is 22.3 Å². The second kappa shape index (κ2) is 9.35. The number of carbonyl (C=O) groups excluding carboxylic acids is 2. The summed E-state index contributed by atoms with van der Waals surface area (Å²) in [5.74, 6) is -0.655. The molecule has 164 valence electrons. The van der Waals surface area contributed by atoms with Crippen molar-refractivity contribution in [3.05, 3.63) is 99.0 Å². The smallest absolute Gasteiger partial charge is 0.232 e. The molecule has 0 aliphatic carbocycles. The summed E-state index contributed by atoms with van der Waals surface area (Å²) in [5, 5.41) is 7.17. The van der Waals surface area contributed by atoms with Gasteiger partial charge in [0, 0.05) is 22.2 Å². The van der Waals surface area contributed by atoms with Crippen molar-refractivity contribution >= 4 is 40.7 Å². The molecule has 2 unspecified atom stereocenters. The molecular formula is C26H24Cl2N2O2. The van der Waals surface area contributed by atoms with Gasteiger partial charge >= 0.3 is 0 Å². The van der Waals surface area contributed by atoms with Crippen molar-refractivity contribution in [2.24, 2.45) is 0 Å². The normalized spacial score (nSPS) is 15.9. The Kier molecular flexibility index (Phi) is 6.54. The summed E-state index contributed by atoms with van der Waals surface area (Å²) in [6, 6.07) is 20.5. The SMILES string of the molecule is CC(C)c1ccccc1C(NC(=O)CC1C(=O)Nc2cc(Cl)ccc21)c1ccc(Cl)cc1. The van der Waals surface area contributed by atoms with Gasteiger partial charge in [0.2, 0.25) is 11.8 Å². The highest BCUT2D eigenvalue weighted by Gasteiger charge is 2.33. The van der Waals surface area contributed by atoms with Gasteiger partial charge in [-0.25, -0.2) is 0 Å². The Labute approximate surface area is 197 Å². The third-order valence-corrected chi connectivity index (χ3v) is 6.28. The average Bonchev–Trinajstić information content (AvgIpc) is 3.06. The van der Waals surface area contributed by atoms with Crippen LogP contribution in [0.4, 0.5) is 5.69 Å². The van der Waals surface area contributed by atoms with Crippen molar-refractivity contribution in [3.63, 3.8) is 0 Å². The molecule has 0 aromatic heterocycles. The number of hydrogen-bond donors (Lipinski definition) is 2. The van der Waals surface area contributed by atoms with Gasteiger partial charge in [-0.1, -0.05) is 79.5 Å². The molecule has 4 nitrogen and oxygen atoms in total. The highest BCUT2D eigenvalue weighted by Crippen LogP contribution is 2.37. The van der Waals surface area contributed by atoms with Gasteiger partial charge in [-0.3, -0.25) is 9.59 Å². The molecule has 2 N–H and O–H groups in total. The molecule has 4 rings (SSSR count). The molecule has 3 aromatic rings. The number of fused-ring (bicyclic) bond motifs is 1. The lowest BCUT2D eigenvalue weighted by Crippen LogP contribution is -2.32. The maximum atomic E-state index is 13.2. The molecule has 0 radical (unpaired) electrons. The Balaban J connectivity index is 1.63. The molecular weight excluding hydrogens is 443 g/mol. The van der Waals surface area contributed by atoms with Gasteiger partial charge in [-0.05, 0) is 52.4 Å². The first-order chi connectivity index (χ1) is 15.3. The van der Waals surface area contributed by atoms with Crippen molar-refractivity contribution in [1.82, 2.24) is 5.32 Å². The van der Waals surface area contributed by atoms with Crippen LogP contribution in [0.15, 0.2) is 66.7 Å². The fourth-order valence-corrected chi connectivity index (χ4v) is 4.50. The Bertz CT molecular complexity index is 1160. The molecule has 0 saturated carbocycles. The first-order valence-corrected chi connectivity index (χ1v) is 11.3. The van der Waals surface area contributed by atoms with E-state index in [2.05, 4.69) is 30.5 Å². The fraction of sp³-hybridized carbons (Fsp3) is 0.231. The van der Waals surface area contributed by atoms with Crippen molar-refractivity contribution < 1.29 is 9.59 Å². The number of halogens is 2. The van der Waals surface area contributed by atoms with Gasteiger partial charge in [-0.2, -0.15) is 0 Å². The first-order valence-electron chi connectivity index (χ1n) is 10.6. The number of nitrogens with one attached hydrogen (secondary N) is 2. The molecule has 2 amide bonds. The molecule has 2 atom stereocenters. The molecule has 1 aliphatic rings. The van der Waals surface area contributed by atoms with Crippen molar-refractivity contribution in [3.8, 4) is 0 Å². The molecule has 0 spiro atoms. The predicted molar refractivity (Wildman–Crippen MR) is 129 cm³/mol. The average molecular weight is 467 g/mol. The Morgan fingerprint density at radius 2 is 1.62 bits per heavy atom. The number of benzene rings is 3. The maximum absolute atomic E-state index is 13.2. The number of amides is 2. The van der Waals surface area contributed by atoms with Crippen LogP contribution < -0.4 is 10.6 Å². The zero-order valence-electron chi connectivity index (χ0n) is 17.9. The Morgan fingerprint density at radius 3 is 2.31 bits per heavy atom. The summed E-state index contributed by atoms with van der Waals surface area (Å²) < 4.78 is 0.